The van der Waals surface area contributed by atoms with E-state index in [4.69, 9.17) is 4.42 Å². The average molecular weight is 310 g/mol. The van der Waals surface area contributed by atoms with E-state index in [-0.39, 0.29) is 6.04 Å². The highest BCUT2D eigenvalue weighted by Crippen LogP contribution is 2.32. The van der Waals surface area contributed by atoms with Crippen LogP contribution in [0.2, 0.25) is 0 Å². The molecule has 2 nitrogen and oxygen atoms in total. The van der Waals surface area contributed by atoms with Crippen LogP contribution in [0.4, 0.5) is 0 Å². The minimum absolute atomic E-state index is 0.260. The summed E-state index contributed by atoms with van der Waals surface area (Å²) in [6, 6.07) is 4.51. The fraction of sp³-hybridized carbons (Fsp3) is 0.467. The molecule has 0 saturated heterocycles. The smallest absolute Gasteiger partial charge is 0.134 e. The van der Waals surface area contributed by atoms with Crippen molar-refractivity contribution < 1.29 is 4.42 Å². The molecule has 0 fully saturated rings. The van der Waals surface area contributed by atoms with Gasteiger partial charge < -0.3 is 9.73 Å². The molecule has 1 N–H and O–H groups in total. The van der Waals surface area contributed by atoms with Crippen LogP contribution in [0.1, 0.15) is 43.2 Å². The van der Waals surface area contributed by atoms with Crippen LogP contribution < -0.4 is 5.32 Å². The third-order valence-corrected chi connectivity index (χ3v) is 4.55. The van der Waals surface area contributed by atoms with Gasteiger partial charge in [-0.15, -0.1) is 0 Å². The standard InChI is InChI=1S/C15H20BrNO/c1-5-6-17-11(4)13-8-12-10(3)15(16)9(2)7-14(12)18-13/h7-8,11,17H,5-6H2,1-4H3. The van der Waals surface area contributed by atoms with Crippen molar-refractivity contribution in [2.45, 2.75) is 40.2 Å². The van der Waals surface area contributed by atoms with Crippen molar-refractivity contribution in [3.63, 3.8) is 0 Å². The maximum atomic E-state index is 5.96. The minimum Gasteiger partial charge on any atom is -0.459 e. The number of rotatable bonds is 4. The molecule has 3 heteroatoms. The highest BCUT2D eigenvalue weighted by atomic mass is 79.9. The quantitative estimate of drug-likeness (QED) is 0.871. The van der Waals surface area contributed by atoms with Gasteiger partial charge in [0.2, 0.25) is 0 Å². The third-order valence-electron chi connectivity index (χ3n) is 3.33. The van der Waals surface area contributed by atoms with E-state index in [9.17, 15) is 0 Å². The Balaban J connectivity index is 2.41. The van der Waals surface area contributed by atoms with E-state index >= 15 is 0 Å². The van der Waals surface area contributed by atoms with E-state index in [0.29, 0.717) is 0 Å². The van der Waals surface area contributed by atoms with Crippen molar-refractivity contribution in [3.05, 3.63) is 33.5 Å². The predicted molar refractivity (Wildman–Crippen MR) is 80.1 cm³/mol. The van der Waals surface area contributed by atoms with Gasteiger partial charge in [-0.05, 0) is 57.0 Å². The molecule has 98 valence electrons. The highest BCUT2D eigenvalue weighted by molar-refractivity contribution is 9.10. The van der Waals surface area contributed by atoms with Crippen LogP contribution in [0.3, 0.4) is 0 Å². The summed E-state index contributed by atoms with van der Waals surface area (Å²) in [5, 5.41) is 4.65. The number of aryl methyl sites for hydroxylation is 2. The number of hydrogen-bond donors (Lipinski definition) is 1. The van der Waals surface area contributed by atoms with Crippen LogP contribution >= 0.6 is 15.9 Å². The molecule has 2 aromatic rings. The molecule has 0 bridgehead atoms. The third kappa shape index (κ3) is 2.47. The van der Waals surface area contributed by atoms with Gasteiger partial charge in [-0.1, -0.05) is 22.9 Å². The summed E-state index contributed by atoms with van der Waals surface area (Å²) in [5.74, 6) is 1.01. The van der Waals surface area contributed by atoms with Gasteiger partial charge in [-0.3, -0.25) is 0 Å². The normalized spacial score (nSPS) is 13.2. The summed E-state index contributed by atoms with van der Waals surface area (Å²) in [7, 11) is 0. The van der Waals surface area contributed by atoms with Gasteiger partial charge >= 0.3 is 0 Å². The Morgan fingerprint density at radius 1 is 1.33 bits per heavy atom. The molecule has 1 unspecified atom stereocenters. The van der Waals surface area contributed by atoms with Gasteiger partial charge in [0.15, 0.2) is 0 Å². The number of nitrogens with one attached hydrogen (secondary N) is 1. The van der Waals surface area contributed by atoms with Crippen LogP contribution in [-0.4, -0.2) is 6.54 Å². The Morgan fingerprint density at radius 3 is 2.72 bits per heavy atom. The second kappa shape index (κ2) is 5.45. The first-order valence-corrected chi connectivity index (χ1v) is 7.26. The van der Waals surface area contributed by atoms with E-state index in [0.717, 1.165) is 24.3 Å². The van der Waals surface area contributed by atoms with Gasteiger partial charge in [0.25, 0.3) is 0 Å². The molecule has 1 aromatic carbocycles. The van der Waals surface area contributed by atoms with Crippen LogP contribution in [0.5, 0.6) is 0 Å². The zero-order chi connectivity index (χ0) is 13.3. The van der Waals surface area contributed by atoms with E-state index in [1.54, 1.807) is 0 Å². The molecule has 0 radical (unpaired) electrons. The molecule has 18 heavy (non-hydrogen) atoms. The monoisotopic (exact) mass is 309 g/mol. The fourth-order valence-corrected chi connectivity index (χ4v) is 2.50. The first-order chi connectivity index (χ1) is 8.54. The lowest BCUT2D eigenvalue weighted by Crippen LogP contribution is -2.18. The van der Waals surface area contributed by atoms with E-state index in [1.807, 2.05) is 0 Å². The molecule has 1 heterocycles. The molecular weight excluding hydrogens is 290 g/mol. The van der Waals surface area contributed by atoms with Gasteiger partial charge in [0.05, 0.1) is 6.04 Å². The summed E-state index contributed by atoms with van der Waals surface area (Å²) >= 11 is 3.63. The maximum absolute atomic E-state index is 5.96. The number of fused-ring (bicyclic) bond motifs is 1. The van der Waals surface area contributed by atoms with Gasteiger partial charge in [0, 0.05) is 9.86 Å². The molecule has 0 amide bonds. The Labute approximate surface area is 117 Å². The topological polar surface area (TPSA) is 25.2 Å². The minimum atomic E-state index is 0.260. The zero-order valence-corrected chi connectivity index (χ0v) is 13.0. The van der Waals surface area contributed by atoms with Gasteiger partial charge in [0.1, 0.15) is 11.3 Å². The van der Waals surface area contributed by atoms with Gasteiger partial charge in [-0.2, -0.15) is 0 Å². The number of benzene rings is 1. The number of furan rings is 1. The lowest BCUT2D eigenvalue weighted by Gasteiger charge is -2.09. The van der Waals surface area contributed by atoms with Crippen molar-refractivity contribution in [3.8, 4) is 0 Å². The summed E-state index contributed by atoms with van der Waals surface area (Å²) in [6.45, 7) is 9.55. The Kier molecular flexibility index (Phi) is 4.13. The number of halogens is 1. The van der Waals surface area contributed by atoms with Crippen molar-refractivity contribution in [1.82, 2.24) is 5.32 Å². The van der Waals surface area contributed by atoms with E-state index in [2.05, 4.69) is 61.1 Å². The Bertz CT molecular complexity index is 559. The molecule has 1 atom stereocenters. The van der Waals surface area contributed by atoms with Crippen molar-refractivity contribution in [2.24, 2.45) is 0 Å². The van der Waals surface area contributed by atoms with Crippen molar-refractivity contribution >= 4 is 26.9 Å². The first kappa shape index (κ1) is 13.6. The largest absolute Gasteiger partial charge is 0.459 e. The molecular formula is C15H20BrNO. The van der Waals surface area contributed by atoms with Crippen molar-refractivity contribution in [1.29, 1.82) is 0 Å². The van der Waals surface area contributed by atoms with E-state index < -0.39 is 0 Å². The lowest BCUT2D eigenvalue weighted by atomic mass is 10.1. The summed E-state index contributed by atoms with van der Waals surface area (Å²) in [4.78, 5) is 0. The van der Waals surface area contributed by atoms with Crippen LogP contribution in [-0.2, 0) is 0 Å². The molecule has 0 aliphatic heterocycles. The predicted octanol–water partition coefficient (Wildman–Crippen LogP) is 4.87. The maximum Gasteiger partial charge on any atom is 0.134 e. The SMILES string of the molecule is CCCNC(C)c1cc2c(C)c(Br)c(C)cc2o1. The fourth-order valence-electron chi connectivity index (χ4n) is 2.17. The first-order valence-electron chi connectivity index (χ1n) is 6.47. The second-order valence-electron chi connectivity index (χ2n) is 4.87. The second-order valence-corrected chi connectivity index (χ2v) is 5.66. The average Bonchev–Trinajstić information content (AvgIpc) is 2.77. The number of hydrogen-bond acceptors (Lipinski definition) is 2. The molecule has 2 rings (SSSR count). The molecule has 1 aromatic heterocycles. The van der Waals surface area contributed by atoms with Crippen molar-refractivity contribution in [2.75, 3.05) is 6.54 Å². The van der Waals surface area contributed by atoms with Crippen LogP contribution in [0.15, 0.2) is 21.0 Å². The molecule has 0 saturated carbocycles. The Hall–Kier alpha value is -0.800. The summed E-state index contributed by atoms with van der Waals surface area (Å²) in [5.41, 5.74) is 3.45. The van der Waals surface area contributed by atoms with E-state index in [1.165, 1.54) is 21.0 Å². The Morgan fingerprint density at radius 2 is 2.06 bits per heavy atom. The highest BCUT2D eigenvalue weighted by Gasteiger charge is 2.14. The van der Waals surface area contributed by atoms with Crippen LogP contribution in [0, 0.1) is 13.8 Å². The summed E-state index contributed by atoms with van der Waals surface area (Å²) < 4.78 is 7.14. The molecule has 0 aliphatic rings. The summed E-state index contributed by atoms with van der Waals surface area (Å²) in [6.07, 6.45) is 1.13. The zero-order valence-electron chi connectivity index (χ0n) is 11.4. The molecule has 0 spiro atoms. The lowest BCUT2D eigenvalue weighted by molar-refractivity contribution is 0.452. The molecule has 0 aliphatic carbocycles. The van der Waals surface area contributed by atoms with Crippen LogP contribution in [0.25, 0.3) is 11.0 Å². The van der Waals surface area contributed by atoms with Gasteiger partial charge in [-0.25, -0.2) is 0 Å².